The molecule has 0 bridgehead atoms. The molecule has 0 atom stereocenters. The Balaban J connectivity index is 1.76. The number of nitro benzene ring substituents is 1. The number of hydrogen-bond acceptors (Lipinski definition) is 5. The first-order valence-electron chi connectivity index (χ1n) is 6.76. The van der Waals surface area contributed by atoms with Crippen LogP contribution < -0.4 is 0 Å². The van der Waals surface area contributed by atoms with Gasteiger partial charge in [0.05, 0.1) is 11.5 Å². The highest BCUT2D eigenvalue weighted by atomic mass is 35.5. The summed E-state index contributed by atoms with van der Waals surface area (Å²) in [4.78, 5) is 21.8. The molecule has 0 radical (unpaired) electrons. The zero-order valence-corrected chi connectivity index (χ0v) is 12.9. The van der Waals surface area contributed by atoms with Crippen molar-refractivity contribution in [2.24, 2.45) is 0 Å². The molecular formula is C16H14ClNO5. The van der Waals surface area contributed by atoms with Crippen LogP contribution in [0.25, 0.3) is 0 Å². The molecule has 0 aromatic heterocycles. The van der Waals surface area contributed by atoms with Crippen LogP contribution in [0.5, 0.6) is 0 Å². The standard InChI is InChI=1S/C16H14ClNO5/c17-15-7-2-1-5-13(15)10-22-11-16(19)23-9-12-4-3-6-14(8-12)18(20)21/h1-8H,9-11H2. The van der Waals surface area contributed by atoms with Crippen molar-refractivity contribution in [2.75, 3.05) is 6.61 Å². The van der Waals surface area contributed by atoms with Gasteiger partial charge in [0.1, 0.15) is 13.2 Å². The Morgan fingerprint density at radius 1 is 1.13 bits per heavy atom. The first-order valence-corrected chi connectivity index (χ1v) is 7.14. The van der Waals surface area contributed by atoms with Crippen LogP contribution in [0, 0.1) is 10.1 Å². The first-order chi connectivity index (χ1) is 11.1. The predicted molar refractivity (Wildman–Crippen MR) is 84.0 cm³/mol. The second kappa shape index (κ2) is 8.26. The minimum absolute atomic E-state index is 0.0457. The molecule has 2 aromatic carbocycles. The predicted octanol–water partition coefficient (Wildman–Crippen LogP) is 3.51. The third-order valence-electron chi connectivity index (χ3n) is 2.96. The Labute approximate surface area is 137 Å². The number of benzene rings is 2. The molecule has 0 heterocycles. The number of nitro groups is 1. The highest BCUT2D eigenvalue weighted by molar-refractivity contribution is 6.31. The maximum Gasteiger partial charge on any atom is 0.332 e. The molecule has 0 saturated heterocycles. The van der Waals surface area contributed by atoms with E-state index in [1.54, 1.807) is 24.3 Å². The van der Waals surface area contributed by atoms with Crippen LogP contribution in [-0.2, 0) is 27.5 Å². The summed E-state index contributed by atoms with van der Waals surface area (Å²) in [7, 11) is 0. The molecule has 0 spiro atoms. The van der Waals surface area contributed by atoms with Crippen molar-refractivity contribution in [2.45, 2.75) is 13.2 Å². The Hall–Kier alpha value is -2.44. The van der Waals surface area contributed by atoms with E-state index in [1.165, 1.54) is 18.2 Å². The van der Waals surface area contributed by atoms with Gasteiger partial charge in [-0.3, -0.25) is 10.1 Å². The van der Waals surface area contributed by atoms with Crippen LogP contribution >= 0.6 is 11.6 Å². The molecule has 0 unspecified atom stereocenters. The van der Waals surface area contributed by atoms with Gasteiger partial charge in [-0.2, -0.15) is 0 Å². The van der Waals surface area contributed by atoms with Crippen molar-refractivity contribution in [1.29, 1.82) is 0 Å². The normalized spacial score (nSPS) is 10.3. The average Bonchev–Trinajstić information content (AvgIpc) is 2.55. The van der Waals surface area contributed by atoms with Crippen molar-refractivity contribution in [1.82, 2.24) is 0 Å². The number of carbonyl (C=O) groups is 1. The lowest BCUT2D eigenvalue weighted by molar-refractivity contribution is -0.384. The lowest BCUT2D eigenvalue weighted by Gasteiger charge is -2.07. The van der Waals surface area contributed by atoms with Gasteiger partial charge in [0.15, 0.2) is 0 Å². The summed E-state index contributed by atoms with van der Waals surface area (Å²) in [6, 6.07) is 13.1. The highest BCUT2D eigenvalue weighted by Gasteiger charge is 2.08. The van der Waals surface area contributed by atoms with Crippen molar-refractivity contribution in [3.63, 3.8) is 0 Å². The van der Waals surface area contributed by atoms with E-state index in [1.807, 2.05) is 6.07 Å². The van der Waals surface area contributed by atoms with E-state index in [0.29, 0.717) is 10.6 Å². The Morgan fingerprint density at radius 3 is 2.65 bits per heavy atom. The Kier molecular flexibility index (Phi) is 6.08. The first kappa shape index (κ1) is 16.9. The zero-order chi connectivity index (χ0) is 16.7. The number of non-ortho nitro benzene ring substituents is 1. The lowest BCUT2D eigenvalue weighted by Crippen LogP contribution is -2.12. The summed E-state index contributed by atoms with van der Waals surface area (Å²) in [6.07, 6.45) is 0. The largest absolute Gasteiger partial charge is 0.459 e. The summed E-state index contributed by atoms with van der Waals surface area (Å²) in [5, 5.41) is 11.2. The summed E-state index contributed by atoms with van der Waals surface area (Å²) >= 11 is 5.97. The van der Waals surface area contributed by atoms with Gasteiger partial charge in [-0.15, -0.1) is 0 Å². The van der Waals surface area contributed by atoms with Crippen molar-refractivity contribution in [3.8, 4) is 0 Å². The van der Waals surface area contributed by atoms with Gasteiger partial charge >= 0.3 is 5.97 Å². The molecule has 7 heteroatoms. The molecule has 2 aromatic rings. The molecule has 6 nitrogen and oxygen atoms in total. The Bertz CT molecular complexity index is 704. The van der Waals surface area contributed by atoms with Gasteiger partial charge in [0, 0.05) is 17.2 Å². The van der Waals surface area contributed by atoms with E-state index in [2.05, 4.69) is 0 Å². The summed E-state index contributed by atoms with van der Waals surface area (Å²) in [5.74, 6) is -0.552. The van der Waals surface area contributed by atoms with E-state index >= 15 is 0 Å². The monoisotopic (exact) mass is 335 g/mol. The minimum Gasteiger partial charge on any atom is -0.459 e. The third-order valence-corrected chi connectivity index (χ3v) is 3.33. The molecule has 23 heavy (non-hydrogen) atoms. The highest BCUT2D eigenvalue weighted by Crippen LogP contribution is 2.16. The molecule has 120 valence electrons. The maximum atomic E-state index is 11.6. The SMILES string of the molecule is O=C(COCc1ccccc1Cl)OCc1cccc([N+](=O)[O-])c1. The van der Waals surface area contributed by atoms with Crippen LogP contribution in [0.4, 0.5) is 5.69 Å². The molecule has 0 N–H and O–H groups in total. The second-order valence-corrected chi connectivity index (χ2v) is 5.08. The van der Waals surface area contributed by atoms with Gasteiger partial charge in [-0.05, 0) is 17.2 Å². The van der Waals surface area contributed by atoms with Crippen molar-refractivity contribution >= 4 is 23.3 Å². The smallest absolute Gasteiger partial charge is 0.332 e. The Morgan fingerprint density at radius 2 is 1.91 bits per heavy atom. The molecule has 0 aliphatic carbocycles. The molecule has 0 amide bonds. The number of nitrogens with zero attached hydrogens (tertiary/aromatic N) is 1. The van der Waals surface area contributed by atoms with E-state index < -0.39 is 10.9 Å². The van der Waals surface area contributed by atoms with Crippen molar-refractivity contribution < 1.29 is 19.2 Å². The minimum atomic E-state index is -0.552. The van der Waals surface area contributed by atoms with Crippen LogP contribution in [0.3, 0.4) is 0 Å². The number of halogens is 1. The van der Waals surface area contributed by atoms with Crippen LogP contribution in [0.2, 0.25) is 5.02 Å². The quantitative estimate of drug-likeness (QED) is 0.439. The van der Waals surface area contributed by atoms with Gasteiger partial charge < -0.3 is 9.47 Å². The van der Waals surface area contributed by atoms with Gasteiger partial charge in [0.25, 0.3) is 5.69 Å². The van der Waals surface area contributed by atoms with Crippen LogP contribution in [0.15, 0.2) is 48.5 Å². The van der Waals surface area contributed by atoms with E-state index in [9.17, 15) is 14.9 Å². The fourth-order valence-electron chi connectivity index (χ4n) is 1.83. The summed E-state index contributed by atoms with van der Waals surface area (Å²) in [6.45, 7) is -0.0678. The van der Waals surface area contributed by atoms with Gasteiger partial charge in [-0.25, -0.2) is 4.79 Å². The van der Waals surface area contributed by atoms with Crippen LogP contribution in [0.1, 0.15) is 11.1 Å². The number of rotatable bonds is 7. The molecular weight excluding hydrogens is 322 g/mol. The number of hydrogen-bond donors (Lipinski definition) is 0. The number of ether oxygens (including phenoxy) is 2. The van der Waals surface area contributed by atoms with Gasteiger partial charge in [0.2, 0.25) is 0 Å². The lowest BCUT2D eigenvalue weighted by atomic mass is 10.2. The van der Waals surface area contributed by atoms with Crippen molar-refractivity contribution in [3.05, 3.63) is 74.8 Å². The summed E-state index contributed by atoms with van der Waals surface area (Å²) in [5.41, 5.74) is 1.27. The molecule has 0 aliphatic heterocycles. The molecule has 0 saturated carbocycles. The second-order valence-electron chi connectivity index (χ2n) is 4.67. The van der Waals surface area contributed by atoms with E-state index in [4.69, 9.17) is 21.1 Å². The topological polar surface area (TPSA) is 78.7 Å². The van der Waals surface area contributed by atoms with Crippen LogP contribution in [-0.4, -0.2) is 17.5 Å². The van der Waals surface area contributed by atoms with Gasteiger partial charge in [-0.1, -0.05) is 41.9 Å². The molecule has 0 aliphatic rings. The van der Waals surface area contributed by atoms with E-state index in [0.717, 1.165) is 5.56 Å². The molecule has 0 fully saturated rings. The molecule has 2 rings (SSSR count). The van der Waals surface area contributed by atoms with E-state index in [-0.39, 0.29) is 25.5 Å². The summed E-state index contributed by atoms with van der Waals surface area (Å²) < 4.78 is 10.3. The third kappa shape index (κ3) is 5.36. The fraction of sp³-hybridized carbons (Fsp3) is 0.188. The average molecular weight is 336 g/mol. The zero-order valence-electron chi connectivity index (χ0n) is 12.1. The maximum absolute atomic E-state index is 11.6. The fourth-order valence-corrected chi connectivity index (χ4v) is 2.02. The number of carbonyl (C=O) groups excluding carboxylic acids is 1. The number of esters is 1.